The summed E-state index contributed by atoms with van der Waals surface area (Å²) in [6, 6.07) is 9.61. The monoisotopic (exact) mass is 512 g/mol. The van der Waals surface area contributed by atoms with E-state index in [2.05, 4.69) is 25.7 Å². The highest BCUT2D eigenvalue weighted by atomic mass is 19.4. The Morgan fingerprint density at radius 2 is 1.97 bits per heavy atom. The number of hydrogen-bond acceptors (Lipinski definition) is 6. The molecule has 1 aliphatic heterocycles. The van der Waals surface area contributed by atoms with E-state index < -0.39 is 17.8 Å². The van der Waals surface area contributed by atoms with Crippen molar-refractivity contribution in [1.82, 2.24) is 14.9 Å². The Morgan fingerprint density at radius 1 is 1.16 bits per heavy atom. The maximum atomic E-state index is 13.1. The molecule has 0 saturated heterocycles. The van der Waals surface area contributed by atoms with Gasteiger partial charge in [0.1, 0.15) is 11.6 Å². The van der Waals surface area contributed by atoms with Crippen molar-refractivity contribution >= 4 is 11.7 Å². The van der Waals surface area contributed by atoms with Gasteiger partial charge in [0.2, 0.25) is 0 Å². The van der Waals surface area contributed by atoms with Gasteiger partial charge in [-0.25, -0.2) is 4.98 Å². The molecule has 8 nitrogen and oxygen atoms in total. The standard InChI is InChI=1S/C26H27F3N6O2/c1-16-6-4-9-21(18-7-5-8-20(12-18)26(27,28)29)32-34-33-24(16)31-25(36)19-10-11-22(23(13-19)37-3)35-14-17(2)30-15-35/h5,7-8,10-16,21H,4,6,9H2,1-3H3,(H,31,32,33,36). The first kappa shape index (κ1) is 26.1. The minimum atomic E-state index is -4.44. The zero-order chi connectivity index (χ0) is 26.6. The van der Waals surface area contributed by atoms with Crippen LogP contribution in [0.4, 0.5) is 13.2 Å². The summed E-state index contributed by atoms with van der Waals surface area (Å²) < 4.78 is 46.7. The molecule has 1 amide bonds. The van der Waals surface area contributed by atoms with E-state index in [1.54, 1.807) is 30.6 Å². The van der Waals surface area contributed by atoms with Crippen LogP contribution in [0.1, 0.15) is 59.4 Å². The fraction of sp³-hybridized carbons (Fsp3) is 0.346. The van der Waals surface area contributed by atoms with Crippen molar-refractivity contribution in [2.45, 2.75) is 45.3 Å². The number of aromatic nitrogens is 2. The van der Waals surface area contributed by atoms with Crippen molar-refractivity contribution in [3.63, 3.8) is 0 Å². The SMILES string of the molecule is COc1cc(C(=O)N/C2=N\N=NC(c3cccc(C(F)(F)F)c3)CCCC2C)ccc1-n1cnc(C)c1. The predicted octanol–water partition coefficient (Wildman–Crippen LogP) is 6.26. The van der Waals surface area contributed by atoms with Crippen LogP contribution in [0, 0.1) is 12.8 Å². The number of halogens is 3. The van der Waals surface area contributed by atoms with Crippen LogP contribution < -0.4 is 10.1 Å². The lowest BCUT2D eigenvalue weighted by molar-refractivity contribution is -0.137. The lowest BCUT2D eigenvalue weighted by Gasteiger charge is -2.16. The van der Waals surface area contributed by atoms with Gasteiger partial charge in [0.25, 0.3) is 5.91 Å². The summed E-state index contributed by atoms with van der Waals surface area (Å²) >= 11 is 0. The summed E-state index contributed by atoms with van der Waals surface area (Å²) in [5, 5.41) is 15.0. The summed E-state index contributed by atoms with van der Waals surface area (Å²) in [5.41, 5.74) is 1.65. The van der Waals surface area contributed by atoms with E-state index in [9.17, 15) is 18.0 Å². The number of imidazole rings is 1. The number of amides is 1. The Hall–Kier alpha value is -4.02. The Morgan fingerprint density at radius 3 is 2.68 bits per heavy atom. The van der Waals surface area contributed by atoms with Crippen molar-refractivity contribution in [3.8, 4) is 11.4 Å². The zero-order valence-corrected chi connectivity index (χ0v) is 20.7. The largest absolute Gasteiger partial charge is 0.495 e. The summed E-state index contributed by atoms with van der Waals surface area (Å²) in [5.74, 6) is 0.309. The van der Waals surface area contributed by atoms with Crippen LogP contribution in [0.2, 0.25) is 0 Å². The average molecular weight is 513 g/mol. The Kier molecular flexibility index (Phi) is 7.70. The van der Waals surface area contributed by atoms with Crippen LogP contribution in [0.5, 0.6) is 5.75 Å². The Labute approximate surface area is 212 Å². The first-order valence-electron chi connectivity index (χ1n) is 11.8. The molecule has 3 aromatic rings. The molecule has 0 radical (unpaired) electrons. The first-order chi connectivity index (χ1) is 17.7. The average Bonchev–Trinajstić information content (AvgIpc) is 3.34. The topological polar surface area (TPSA) is 93.2 Å². The second-order valence-electron chi connectivity index (χ2n) is 8.92. The summed E-state index contributed by atoms with van der Waals surface area (Å²) in [7, 11) is 1.52. The molecule has 11 heteroatoms. The summed E-state index contributed by atoms with van der Waals surface area (Å²) in [6.07, 6.45) is 0.916. The Bertz CT molecular complexity index is 1330. The van der Waals surface area contributed by atoms with Crippen LogP contribution in [-0.2, 0) is 6.18 Å². The third kappa shape index (κ3) is 6.22. The van der Waals surface area contributed by atoms with Gasteiger partial charge in [0, 0.05) is 17.7 Å². The molecule has 4 rings (SSSR count). The highest BCUT2D eigenvalue weighted by Crippen LogP contribution is 2.33. The third-order valence-corrected chi connectivity index (χ3v) is 6.20. The number of amidine groups is 1. The van der Waals surface area contributed by atoms with E-state index in [4.69, 9.17) is 4.74 Å². The second kappa shape index (κ2) is 10.9. The molecule has 0 saturated carbocycles. The maximum absolute atomic E-state index is 13.1. The molecule has 1 N–H and O–H groups in total. The molecule has 0 bridgehead atoms. The van der Waals surface area contributed by atoms with Crippen LogP contribution >= 0.6 is 0 Å². The molecular formula is C26H27F3N6O2. The van der Waals surface area contributed by atoms with E-state index in [1.807, 2.05) is 24.6 Å². The van der Waals surface area contributed by atoms with E-state index >= 15 is 0 Å². The molecule has 2 unspecified atom stereocenters. The van der Waals surface area contributed by atoms with Gasteiger partial charge in [0.05, 0.1) is 36.4 Å². The molecule has 1 aromatic heterocycles. The number of aryl methyl sites for hydroxylation is 1. The number of ether oxygens (including phenoxy) is 1. The molecule has 37 heavy (non-hydrogen) atoms. The molecule has 0 fully saturated rings. The quantitative estimate of drug-likeness (QED) is 0.447. The summed E-state index contributed by atoms with van der Waals surface area (Å²) in [6.45, 7) is 3.79. The molecular weight excluding hydrogens is 485 g/mol. The fourth-order valence-corrected chi connectivity index (χ4v) is 4.12. The number of rotatable bonds is 4. The Balaban J connectivity index is 1.53. The predicted molar refractivity (Wildman–Crippen MR) is 132 cm³/mol. The molecule has 0 spiro atoms. The number of carbonyl (C=O) groups is 1. The van der Waals surface area contributed by atoms with Crippen molar-refractivity contribution in [1.29, 1.82) is 0 Å². The van der Waals surface area contributed by atoms with Gasteiger partial charge in [-0.05, 0) is 60.9 Å². The van der Waals surface area contributed by atoms with Crippen LogP contribution in [-0.4, -0.2) is 28.4 Å². The smallest absolute Gasteiger partial charge is 0.416 e. The van der Waals surface area contributed by atoms with Gasteiger partial charge >= 0.3 is 6.18 Å². The molecule has 194 valence electrons. The minimum absolute atomic E-state index is 0.141. The van der Waals surface area contributed by atoms with E-state index in [0.29, 0.717) is 42.0 Å². The summed E-state index contributed by atoms with van der Waals surface area (Å²) in [4.78, 5) is 17.3. The van der Waals surface area contributed by atoms with Crippen LogP contribution in [0.25, 0.3) is 5.69 Å². The number of nitrogens with one attached hydrogen (secondary N) is 1. The molecule has 0 aliphatic carbocycles. The zero-order valence-electron chi connectivity index (χ0n) is 20.7. The van der Waals surface area contributed by atoms with Crippen molar-refractivity contribution in [2.24, 2.45) is 21.4 Å². The molecule has 2 atom stereocenters. The van der Waals surface area contributed by atoms with E-state index in [0.717, 1.165) is 23.5 Å². The van der Waals surface area contributed by atoms with Crippen molar-refractivity contribution in [2.75, 3.05) is 7.11 Å². The van der Waals surface area contributed by atoms with Gasteiger partial charge < -0.3 is 14.6 Å². The third-order valence-electron chi connectivity index (χ3n) is 6.20. The molecule has 2 aromatic carbocycles. The fourth-order valence-electron chi connectivity index (χ4n) is 4.12. The van der Waals surface area contributed by atoms with Crippen LogP contribution in [0.3, 0.4) is 0 Å². The number of hydrogen-bond donors (Lipinski definition) is 1. The van der Waals surface area contributed by atoms with Gasteiger partial charge in [0.15, 0.2) is 0 Å². The van der Waals surface area contributed by atoms with Crippen LogP contribution in [0.15, 0.2) is 70.4 Å². The highest BCUT2D eigenvalue weighted by Gasteiger charge is 2.31. The number of alkyl halides is 3. The first-order valence-corrected chi connectivity index (χ1v) is 11.8. The number of methoxy groups -OCH3 is 1. The normalized spacial score (nSPS) is 19.8. The van der Waals surface area contributed by atoms with Gasteiger partial charge in [-0.2, -0.15) is 18.3 Å². The van der Waals surface area contributed by atoms with E-state index in [-0.39, 0.29) is 11.8 Å². The highest BCUT2D eigenvalue weighted by molar-refractivity contribution is 6.07. The maximum Gasteiger partial charge on any atom is 0.416 e. The number of nitrogens with zero attached hydrogens (tertiary/aromatic N) is 5. The number of carbonyl (C=O) groups excluding carboxylic acids is 1. The minimum Gasteiger partial charge on any atom is -0.495 e. The van der Waals surface area contributed by atoms with E-state index in [1.165, 1.54) is 13.2 Å². The van der Waals surface area contributed by atoms with Gasteiger partial charge in [-0.3, -0.25) is 4.79 Å². The van der Waals surface area contributed by atoms with Gasteiger partial charge in [-0.1, -0.05) is 25.5 Å². The molecule has 2 heterocycles. The molecule has 1 aliphatic rings. The van der Waals surface area contributed by atoms with Crippen molar-refractivity contribution in [3.05, 3.63) is 77.4 Å². The number of benzene rings is 2. The lowest BCUT2D eigenvalue weighted by Crippen LogP contribution is -2.34. The van der Waals surface area contributed by atoms with Crippen molar-refractivity contribution < 1.29 is 22.7 Å². The lowest BCUT2D eigenvalue weighted by atomic mass is 9.96. The second-order valence-corrected chi connectivity index (χ2v) is 8.92. The van der Waals surface area contributed by atoms with Gasteiger partial charge in [-0.15, -0.1) is 5.10 Å².